The summed E-state index contributed by atoms with van der Waals surface area (Å²) in [6, 6.07) is 0. The molecule has 1 atom stereocenters. The molecule has 0 heterocycles. The fourth-order valence-corrected chi connectivity index (χ4v) is 1.17. The molecule has 0 spiro atoms. The third-order valence-electron chi connectivity index (χ3n) is 1.85. The molecule has 17 heavy (non-hydrogen) atoms. The molecular weight excluding hydrogens is 208 g/mol. The van der Waals surface area contributed by atoms with Crippen molar-refractivity contribution in [2.45, 2.75) is 26.9 Å². The maximum atomic E-state index is 10.0. The van der Waals surface area contributed by atoms with Crippen LogP contribution in [0.1, 0.15) is 20.8 Å². The molecule has 0 saturated carbocycles. The molecule has 1 heteroatoms. The van der Waals surface area contributed by atoms with E-state index in [0.717, 1.165) is 11.1 Å². The van der Waals surface area contributed by atoms with Crippen LogP contribution in [-0.4, -0.2) is 11.2 Å². The summed E-state index contributed by atoms with van der Waals surface area (Å²) in [6.45, 7) is 16.7. The lowest BCUT2D eigenvalue weighted by Gasteiger charge is -2.12. The van der Waals surface area contributed by atoms with E-state index in [1.807, 2.05) is 32.9 Å². The molecule has 0 bridgehead atoms. The highest BCUT2D eigenvalue weighted by Crippen LogP contribution is 2.15. The number of rotatable bonds is 6. The van der Waals surface area contributed by atoms with Gasteiger partial charge in [-0.1, -0.05) is 76.1 Å². The molecule has 0 radical (unpaired) electrons. The summed E-state index contributed by atoms with van der Waals surface area (Å²) in [5, 5.41) is 10.0. The summed E-state index contributed by atoms with van der Waals surface area (Å²) >= 11 is 0. The highest BCUT2D eigenvalue weighted by Gasteiger charge is 2.09. The Kier molecular flexibility index (Phi) is 13.0. The van der Waals surface area contributed by atoms with Gasteiger partial charge < -0.3 is 5.11 Å². The van der Waals surface area contributed by atoms with Gasteiger partial charge in [0, 0.05) is 0 Å². The highest BCUT2D eigenvalue weighted by molar-refractivity contribution is 5.39. The van der Waals surface area contributed by atoms with Gasteiger partial charge in [0.25, 0.3) is 0 Å². The van der Waals surface area contributed by atoms with E-state index < -0.39 is 6.10 Å². The first-order valence-electron chi connectivity index (χ1n) is 5.79. The van der Waals surface area contributed by atoms with E-state index in [-0.39, 0.29) is 0 Å². The fraction of sp³-hybridized carbons (Fsp3) is 0.250. The average molecular weight is 232 g/mol. The molecule has 1 N–H and O–H groups in total. The Bertz CT molecular complexity index is 316. The number of hydrogen-bond donors (Lipinski definition) is 1. The topological polar surface area (TPSA) is 20.2 Å². The van der Waals surface area contributed by atoms with Crippen molar-refractivity contribution in [2.75, 3.05) is 0 Å². The van der Waals surface area contributed by atoms with Crippen molar-refractivity contribution in [1.82, 2.24) is 0 Å². The van der Waals surface area contributed by atoms with Gasteiger partial charge in [-0.2, -0.15) is 0 Å². The Morgan fingerprint density at radius 2 is 1.47 bits per heavy atom. The maximum absolute atomic E-state index is 10.0. The molecule has 0 amide bonds. The zero-order valence-electron chi connectivity index (χ0n) is 11.2. The van der Waals surface area contributed by atoms with Gasteiger partial charge >= 0.3 is 0 Å². The minimum Gasteiger partial charge on any atom is -0.384 e. The van der Waals surface area contributed by atoms with E-state index >= 15 is 0 Å². The number of aliphatic hydroxyl groups is 1. The van der Waals surface area contributed by atoms with Crippen LogP contribution in [0.4, 0.5) is 0 Å². The van der Waals surface area contributed by atoms with Gasteiger partial charge in [0.05, 0.1) is 0 Å². The van der Waals surface area contributed by atoms with E-state index in [2.05, 4.69) is 19.7 Å². The van der Waals surface area contributed by atoms with Crippen molar-refractivity contribution in [3.8, 4) is 0 Å². The van der Waals surface area contributed by atoms with Gasteiger partial charge in [-0.15, -0.1) is 0 Å². The summed E-state index contributed by atoms with van der Waals surface area (Å²) < 4.78 is 0. The van der Waals surface area contributed by atoms with Gasteiger partial charge in [-0.3, -0.25) is 0 Å². The maximum Gasteiger partial charge on any atom is 0.104 e. The molecule has 0 aromatic heterocycles. The van der Waals surface area contributed by atoms with E-state index in [1.165, 1.54) is 0 Å². The molecule has 94 valence electrons. The Morgan fingerprint density at radius 3 is 1.82 bits per heavy atom. The summed E-state index contributed by atoms with van der Waals surface area (Å²) in [5.41, 5.74) is 1.50. The van der Waals surface area contributed by atoms with Crippen LogP contribution in [0.3, 0.4) is 0 Å². The second-order valence-corrected chi connectivity index (χ2v) is 2.91. The zero-order chi connectivity index (χ0) is 13.7. The van der Waals surface area contributed by atoms with Crippen molar-refractivity contribution < 1.29 is 5.11 Å². The Labute approximate surface area is 106 Å². The minimum atomic E-state index is -0.685. The third kappa shape index (κ3) is 7.31. The van der Waals surface area contributed by atoms with E-state index in [0.29, 0.717) is 0 Å². The van der Waals surface area contributed by atoms with Crippen molar-refractivity contribution in [2.24, 2.45) is 0 Å². The van der Waals surface area contributed by atoms with E-state index in [4.69, 9.17) is 0 Å². The molecule has 0 aromatic carbocycles. The monoisotopic (exact) mass is 232 g/mol. The lowest BCUT2D eigenvalue weighted by atomic mass is 10.0. The lowest BCUT2D eigenvalue weighted by molar-refractivity contribution is 0.254. The molecule has 0 aliphatic heterocycles. The molecule has 0 fully saturated rings. The van der Waals surface area contributed by atoms with Crippen LogP contribution in [0, 0.1) is 0 Å². The van der Waals surface area contributed by atoms with Crippen LogP contribution in [0.25, 0.3) is 0 Å². The molecule has 0 rings (SSSR count). The fourth-order valence-electron chi connectivity index (χ4n) is 1.17. The number of aliphatic hydroxyl groups excluding tert-OH is 1. The smallest absolute Gasteiger partial charge is 0.104 e. The predicted molar refractivity (Wildman–Crippen MR) is 78.9 cm³/mol. The van der Waals surface area contributed by atoms with Gasteiger partial charge in [-0.25, -0.2) is 0 Å². The normalized spacial score (nSPS) is 13.6. The Balaban J connectivity index is 0. The van der Waals surface area contributed by atoms with Crippen LogP contribution in [0.15, 0.2) is 73.4 Å². The van der Waals surface area contributed by atoms with Crippen LogP contribution in [-0.2, 0) is 0 Å². The second kappa shape index (κ2) is 12.5. The van der Waals surface area contributed by atoms with Gasteiger partial charge in [0.2, 0.25) is 0 Å². The summed E-state index contributed by atoms with van der Waals surface area (Å²) in [7, 11) is 0. The molecule has 0 aliphatic rings. The Morgan fingerprint density at radius 1 is 1.00 bits per heavy atom. The first-order valence-corrected chi connectivity index (χ1v) is 5.79. The van der Waals surface area contributed by atoms with Crippen LogP contribution >= 0.6 is 0 Å². The van der Waals surface area contributed by atoms with Crippen LogP contribution in [0.5, 0.6) is 0 Å². The highest BCUT2D eigenvalue weighted by atomic mass is 16.3. The van der Waals surface area contributed by atoms with Crippen LogP contribution in [0.2, 0.25) is 0 Å². The van der Waals surface area contributed by atoms with Crippen LogP contribution < -0.4 is 0 Å². The van der Waals surface area contributed by atoms with Gasteiger partial charge in [0.15, 0.2) is 0 Å². The Hall–Kier alpha value is -1.60. The molecular formula is C16H24O. The van der Waals surface area contributed by atoms with E-state index in [9.17, 15) is 5.11 Å². The molecule has 0 saturated heterocycles. The van der Waals surface area contributed by atoms with Crippen molar-refractivity contribution in [1.29, 1.82) is 0 Å². The molecule has 0 aromatic rings. The van der Waals surface area contributed by atoms with E-state index in [1.54, 1.807) is 30.4 Å². The summed E-state index contributed by atoms with van der Waals surface area (Å²) in [4.78, 5) is 0. The number of allylic oxidation sites excluding steroid dienone is 5. The third-order valence-corrected chi connectivity index (χ3v) is 1.85. The van der Waals surface area contributed by atoms with Gasteiger partial charge in [0.1, 0.15) is 6.10 Å². The first-order chi connectivity index (χ1) is 8.21. The largest absolute Gasteiger partial charge is 0.384 e. The average Bonchev–Trinajstić information content (AvgIpc) is 2.37. The first kappa shape index (κ1) is 17.8. The summed E-state index contributed by atoms with van der Waals surface area (Å²) in [5.74, 6) is 0. The molecule has 1 unspecified atom stereocenters. The predicted octanol–water partition coefficient (Wildman–Crippen LogP) is 4.36. The quantitative estimate of drug-likeness (QED) is 0.675. The number of hydrogen-bond acceptors (Lipinski definition) is 1. The SMILES string of the molecule is C=C/C=C(\C=C)C(O)C(/C=C\C)=C/C=C.CC. The molecule has 1 nitrogen and oxygen atoms in total. The lowest BCUT2D eigenvalue weighted by Crippen LogP contribution is -2.10. The summed E-state index contributed by atoms with van der Waals surface area (Å²) in [6.07, 6.45) is 11.4. The molecule has 0 aliphatic carbocycles. The standard InChI is InChI=1S/C14H18O.C2H6/c1-5-9-12(8-4)14(15)13(10-6-2)11-7-3;1-2/h5-11,14-15H,1-2,4H2,3H3;1-2H3/b11-7-,12-9+,13-10+;. The van der Waals surface area contributed by atoms with Gasteiger partial charge in [-0.05, 0) is 18.1 Å². The minimum absolute atomic E-state index is 0.685. The van der Waals surface area contributed by atoms with Crippen molar-refractivity contribution in [3.05, 3.63) is 73.4 Å². The van der Waals surface area contributed by atoms with Crippen molar-refractivity contribution in [3.63, 3.8) is 0 Å². The second-order valence-electron chi connectivity index (χ2n) is 2.91. The zero-order valence-corrected chi connectivity index (χ0v) is 11.2. The van der Waals surface area contributed by atoms with Crippen molar-refractivity contribution >= 4 is 0 Å².